The van der Waals surface area contributed by atoms with Crippen molar-refractivity contribution in [2.45, 2.75) is 22.5 Å². The van der Waals surface area contributed by atoms with Gasteiger partial charge in [-0.25, -0.2) is 4.79 Å². The zero-order valence-electron chi connectivity index (χ0n) is 13.6. The van der Waals surface area contributed by atoms with Crippen molar-refractivity contribution in [1.29, 1.82) is 0 Å². The number of carboxylic acid groups (broad SMARTS) is 1. The number of thioether (sulfide) groups is 1. The van der Waals surface area contributed by atoms with E-state index in [1.807, 2.05) is 18.2 Å². The molecule has 2 aromatic carbocycles. The van der Waals surface area contributed by atoms with Crippen LogP contribution in [-0.4, -0.2) is 34.9 Å². The first-order valence-electron chi connectivity index (χ1n) is 8.03. The zero-order valence-corrected chi connectivity index (χ0v) is 14.4. The number of carboxylic acids is 1. The summed E-state index contributed by atoms with van der Waals surface area (Å²) in [5.74, 6) is -0.862. The summed E-state index contributed by atoms with van der Waals surface area (Å²) in [5, 5.41) is 11.6. The average molecular weight is 357 g/mol. The normalized spacial score (nSPS) is 14.6. The van der Waals surface area contributed by atoms with Gasteiger partial charge in [-0.3, -0.25) is 4.79 Å². The van der Waals surface area contributed by atoms with E-state index in [0.717, 1.165) is 12.8 Å². The topological polar surface area (TPSA) is 75.6 Å². The molecule has 6 heteroatoms. The molecule has 0 spiro atoms. The van der Waals surface area contributed by atoms with Gasteiger partial charge < -0.3 is 15.2 Å². The van der Waals surface area contributed by atoms with Crippen molar-refractivity contribution in [3.63, 3.8) is 0 Å². The maximum atomic E-state index is 12.4. The van der Waals surface area contributed by atoms with Crippen LogP contribution in [0.15, 0.2) is 59.5 Å². The van der Waals surface area contributed by atoms with Gasteiger partial charge in [0.1, 0.15) is 5.75 Å². The fraction of sp³-hybridized carbons (Fsp3) is 0.263. The lowest BCUT2D eigenvalue weighted by Gasteiger charge is -2.16. The molecule has 5 nitrogen and oxygen atoms in total. The molecule has 0 heterocycles. The van der Waals surface area contributed by atoms with E-state index >= 15 is 0 Å². The minimum absolute atomic E-state index is 0.0778. The molecule has 1 amide bonds. The first-order chi connectivity index (χ1) is 12.1. The fourth-order valence-corrected chi connectivity index (χ4v) is 3.65. The smallest absolute Gasteiger partial charge is 0.341 e. The van der Waals surface area contributed by atoms with Crippen LogP contribution in [0.4, 0.5) is 0 Å². The Bertz CT molecular complexity index is 759. The van der Waals surface area contributed by atoms with Gasteiger partial charge in [-0.05, 0) is 43.2 Å². The quantitative estimate of drug-likeness (QED) is 0.759. The Balaban J connectivity index is 1.56. The van der Waals surface area contributed by atoms with E-state index in [1.54, 1.807) is 36.0 Å². The highest BCUT2D eigenvalue weighted by molar-refractivity contribution is 8.01. The molecule has 0 atom stereocenters. The third kappa shape index (κ3) is 5.00. The van der Waals surface area contributed by atoms with E-state index in [2.05, 4.69) is 17.4 Å². The van der Waals surface area contributed by atoms with E-state index in [9.17, 15) is 9.59 Å². The van der Waals surface area contributed by atoms with Gasteiger partial charge in [0.25, 0.3) is 5.91 Å². The predicted octanol–water partition coefficient (Wildman–Crippen LogP) is 3.20. The van der Waals surface area contributed by atoms with E-state index in [-0.39, 0.29) is 10.7 Å². The van der Waals surface area contributed by atoms with Crippen molar-refractivity contribution in [3.05, 3.63) is 60.2 Å². The Morgan fingerprint density at radius 2 is 1.88 bits per heavy atom. The number of ether oxygens (including phenoxy) is 1. The lowest BCUT2D eigenvalue weighted by Crippen LogP contribution is -2.31. The lowest BCUT2D eigenvalue weighted by atomic mass is 10.2. The van der Waals surface area contributed by atoms with Crippen LogP contribution >= 0.6 is 11.8 Å². The summed E-state index contributed by atoms with van der Waals surface area (Å²) in [6.07, 6.45) is 2.16. The molecule has 0 radical (unpaired) electrons. The van der Waals surface area contributed by atoms with Crippen LogP contribution in [0, 0.1) is 0 Å². The molecule has 1 fully saturated rings. The van der Waals surface area contributed by atoms with E-state index in [4.69, 9.17) is 9.84 Å². The van der Waals surface area contributed by atoms with E-state index in [1.165, 1.54) is 4.90 Å². The SMILES string of the molecule is O=C(O)COc1cccc(C(=O)NCC2(Sc3ccccc3)CC2)c1. The standard InChI is InChI=1S/C19H19NO4S/c21-17(22)12-24-15-6-4-5-14(11-15)18(23)20-13-19(9-10-19)25-16-7-2-1-3-8-16/h1-8,11H,9-10,12-13H2,(H,20,23)(H,21,22). The molecule has 3 rings (SSSR count). The monoisotopic (exact) mass is 357 g/mol. The molecule has 1 saturated carbocycles. The molecule has 0 bridgehead atoms. The molecule has 0 aliphatic heterocycles. The van der Waals surface area contributed by atoms with Crippen molar-refractivity contribution < 1.29 is 19.4 Å². The highest BCUT2D eigenvalue weighted by Crippen LogP contribution is 2.51. The minimum atomic E-state index is -1.05. The van der Waals surface area contributed by atoms with Crippen molar-refractivity contribution >= 4 is 23.6 Å². The molecule has 0 aromatic heterocycles. The van der Waals surface area contributed by atoms with Crippen molar-refractivity contribution in [1.82, 2.24) is 5.32 Å². The molecular formula is C19H19NO4S. The summed E-state index contributed by atoms with van der Waals surface area (Å²) in [7, 11) is 0. The number of hydrogen-bond acceptors (Lipinski definition) is 4. The van der Waals surface area contributed by atoms with Gasteiger partial charge in [0, 0.05) is 21.8 Å². The first kappa shape index (κ1) is 17.4. The second kappa shape index (κ2) is 7.61. The second-order valence-corrected chi connectivity index (χ2v) is 7.53. The molecular weight excluding hydrogens is 338 g/mol. The fourth-order valence-electron chi connectivity index (χ4n) is 2.41. The number of rotatable bonds is 8. The largest absolute Gasteiger partial charge is 0.482 e. The summed E-state index contributed by atoms with van der Waals surface area (Å²) < 4.78 is 5.19. The Morgan fingerprint density at radius 3 is 2.56 bits per heavy atom. The summed E-state index contributed by atoms with van der Waals surface area (Å²) in [6.45, 7) is 0.174. The third-order valence-electron chi connectivity index (χ3n) is 3.91. The number of carbonyl (C=O) groups is 2. The maximum Gasteiger partial charge on any atom is 0.341 e. The lowest BCUT2D eigenvalue weighted by molar-refractivity contribution is -0.139. The number of amides is 1. The predicted molar refractivity (Wildman–Crippen MR) is 96.2 cm³/mol. The Labute approximate surface area is 150 Å². The zero-order chi connectivity index (χ0) is 17.7. The van der Waals surface area contributed by atoms with Crippen LogP contribution in [-0.2, 0) is 4.79 Å². The number of hydrogen-bond donors (Lipinski definition) is 2. The molecule has 130 valence electrons. The van der Waals surface area contributed by atoms with Crippen LogP contribution in [0.5, 0.6) is 5.75 Å². The van der Waals surface area contributed by atoms with Crippen molar-refractivity contribution in [2.75, 3.05) is 13.2 Å². The molecule has 0 unspecified atom stereocenters. The number of aliphatic carboxylic acids is 1. The number of carbonyl (C=O) groups excluding carboxylic acids is 1. The molecule has 2 N–H and O–H groups in total. The van der Waals surface area contributed by atoms with Crippen molar-refractivity contribution in [2.24, 2.45) is 0 Å². The third-order valence-corrected chi connectivity index (χ3v) is 5.41. The van der Waals surface area contributed by atoms with Gasteiger partial charge in [0.15, 0.2) is 6.61 Å². The number of benzene rings is 2. The molecule has 2 aromatic rings. The van der Waals surface area contributed by atoms with Gasteiger partial charge in [-0.1, -0.05) is 24.3 Å². The van der Waals surface area contributed by atoms with Crippen LogP contribution < -0.4 is 10.1 Å². The Morgan fingerprint density at radius 1 is 1.12 bits per heavy atom. The minimum Gasteiger partial charge on any atom is -0.482 e. The van der Waals surface area contributed by atoms with Gasteiger partial charge in [-0.2, -0.15) is 0 Å². The van der Waals surface area contributed by atoms with Crippen molar-refractivity contribution in [3.8, 4) is 5.75 Å². The van der Waals surface area contributed by atoms with Gasteiger partial charge >= 0.3 is 5.97 Å². The number of nitrogens with one attached hydrogen (secondary N) is 1. The van der Waals surface area contributed by atoms with Gasteiger partial charge in [0.05, 0.1) is 0 Å². The summed E-state index contributed by atoms with van der Waals surface area (Å²) in [6, 6.07) is 16.7. The van der Waals surface area contributed by atoms with Crippen LogP contribution in [0.3, 0.4) is 0 Å². The van der Waals surface area contributed by atoms with E-state index < -0.39 is 12.6 Å². The van der Waals surface area contributed by atoms with Crippen LogP contribution in [0.1, 0.15) is 23.2 Å². The summed E-state index contributed by atoms with van der Waals surface area (Å²) >= 11 is 1.80. The van der Waals surface area contributed by atoms with E-state index in [0.29, 0.717) is 17.9 Å². The second-order valence-electron chi connectivity index (χ2n) is 5.99. The summed E-state index contributed by atoms with van der Waals surface area (Å²) in [4.78, 5) is 24.1. The Hall–Kier alpha value is -2.47. The molecule has 25 heavy (non-hydrogen) atoms. The average Bonchev–Trinajstić information content (AvgIpc) is 3.39. The highest BCUT2D eigenvalue weighted by Gasteiger charge is 2.43. The summed E-state index contributed by atoms with van der Waals surface area (Å²) in [5.41, 5.74) is 0.461. The van der Waals surface area contributed by atoms with Gasteiger partial charge in [0.2, 0.25) is 0 Å². The molecule has 1 aliphatic carbocycles. The first-order valence-corrected chi connectivity index (χ1v) is 8.85. The maximum absolute atomic E-state index is 12.4. The van der Waals surface area contributed by atoms with Crippen LogP contribution in [0.25, 0.3) is 0 Å². The molecule has 1 aliphatic rings. The molecule has 0 saturated heterocycles. The van der Waals surface area contributed by atoms with Gasteiger partial charge in [-0.15, -0.1) is 11.8 Å². The Kier molecular flexibility index (Phi) is 5.28. The van der Waals surface area contributed by atoms with Crippen LogP contribution in [0.2, 0.25) is 0 Å². The highest BCUT2D eigenvalue weighted by atomic mass is 32.2.